The Labute approximate surface area is 122 Å². The number of nitrogens with one attached hydrogen (secondary N) is 1. The largest absolute Gasteiger partial charge is 0.394 e. The summed E-state index contributed by atoms with van der Waals surface area (Å²) in [6.07, 6.45) is 2.25. The van der Waals surface area contributed by atoms with E-state index in [1.54, 1.807) is 6.92 Å². The summed E-state index contributed by atoms with van der Waals surface area (Å²) in [5.74, 6) is 0.0119. The molecule has 112 valence electrons. The summed E-state index contributed by atoms with van der Waals surface area (Å²) in [6, 6.07) is 8.48. The molecule has 1 aromatic rings. The third-order valence-electron chi connectivity index (χ3n) is 3.37. The van der Waals surface area contributed by atoms with Crippen LogP contribution in [0.1, 0.15) is 51.7 Å². The smallest absolute Gasteiger partial charge is 0.220 e. The van der Waals surface area contributed by atoms with E-state index in [1.165, 1.54) is 11.1 Å². The molecule has 0 aliphatic heterocycles. The van der Waals surface area contributed by atoms with Crippen LogP contribution in [0.5, 0.6) is 0 Å². The molecular weight excluding hydrogens is 250 g/mol. The molecule has 0 spiro atoms. The minimum absolute atomic E-state index is 0.0119. The van der Waals surface area contributed by atoms with E-state index in [-0.39, 0.29) is 24.0 Å². The molecule has 0 saturated heterocycles. The Bertz CT molecular complexity index is 418. The van der Waals surface area contributed by atoms with Crippen LogP contribution in [0.4, 0.5) is 0 Å². The van der Waals surface area contributed by atoms with Crippen molar-refractivity contribution < 1.29 is 9.90 Å². The van der Waals surface area contributed by atoms with Gasteiger partial charge >= 0.3 is 0 Å². The molecule has 0 radical (unpaired) electrons. The second-order valence-electron chi connectivity index (χ2n) is 6.45. The zero-order chi connectivity index (χ0) is 15.2. The standard InChI is InChI=1S/C17H27NO2/c1-13(12-19)18-16(20)7-5-6-14-8-10-15(11-9-14)17(2,3)4/h8-11,13,19H,5-7,12H2,1-4H3,(H,18,20). The predicted octanol–water partition coefficient (Wildman–Crippen LogP) is 2.80. The Morgan fingerprint density at radius 2 is 1.85 bits per heavy atom. The van der Waals surface area contributed by atoms with Crippen LogP contribution in [-0.4, -0.2) is 23.7 Å². The Morgan fingerprint density at radius 3 is 2.35 bits per heavy atom. The minimum Gasteiger partial charge on any atom is -0.394 e. The van der Waals surface area contributed by atoms with Gasteiger partial charge in [-0.1, -0.05) is 45.0 Å². The van der Waals surface area contributed by atoms with Crippen molar-refractivity contribution >= 4 is 5.91 Å². The number of hydrogen-bond donors (Lipinski definition) is 2. The molecule has 0 aliphatic rings. The van der Waals surface area contributed by atoms with E-state index in [0.717, 1.165) is 12.8 Å². The molecule has 1 aromatic carbocycles. The van der Waals surface area contributed by atoms with Gasteiger partial charge in [-0.2, -0.15) is 0 Å². The number of rotatable bonds is 6. The number of amides is 1. The van der Waals surface area contributed by atoms with Crippen LogP contribution in [0.2, 0.25) is 0 Å². The summed E-state index contributed by atoms with van der Waals surface area (Å²) in [4.78, 5) is 11.6. The SMILES string of the molecule is CC(CO)NC(=O)CCCc1ccc(C(C)(C)C)cc1. The maximum Gasteiger partial charge on any atom is 0.220 e. The van der Waals surface area contributed by atoms with Crippen LogP contribution >= 0.6 is 0 Å². The molecule has 0 aliphatic carbocycles. The molecule has 1 amide bonds. The first-order chi connectivity index (χ1) is 9.32. The molecule has 0 heterocycles. The zero-order valence-corrected chi connectivity index (χ0v) is 13.1. The Kier molecular flexibility index (Phi) is 6.21. The lowest BCUT2D eigenvalue weighted by Gasteiger charge is -2.19. The molecule has 20 heavy (non-hydrogen) atoms. The van der Waals surface area contributed by atoms with Gasteiger partial charge in [0.2, 0.25) is 5.91 Å². The van der Waals surface area contributed by atoms with E-state index in [2.05, 4.69) is 50.4 Å². The Hall–Kier alpha value is -1.35. The van der Waals surface area contributed by atoms with E-state index < -0.39 is 0 Å². The maximum absolute atomic E-state index is 11.6. The van der Waals surface area contributed by atoms with Crippen molar-refractivity contribution in [2.45, 2.75) is 58.4 Å². The zero-order valence-electron chi connectivity index (χ0n) is 13.1. The molecule has 2 N–H and O–H groups in total. The predicted molar refractivity (Wildman–Crippen MR) is 82.8 cm³/mol. The first-order valence-electron chi connectivity index (χ1n) is 7.32. The highest BCUT2D eigenvalue weighted by Gasteiger charge is 2.12. The van der Waals surface area contributed by atoms with Crippen molar-refractivity contribution in [1.29, 1.82) is 0 Å². The highest BCUT2D eigenvalue weighted by molar-refractivity contribution is 5.76. The second kappa shape index (κ2) is 7.44. The molecule has 0 fully saturated rings. The van der Waals surface area contributed by atoms with Crippen molar-refractivity contribution in [3.05, 3.63) is 35.4 Å². The van der Waals surface area contributed by atoms with Gasteiger partial charge in [0.1, 0.15) is 0 Å². The van der Waals surface area contributed by atoms with Crippen LogP contribution in [-0.2, 0) is 16.6 Å². The van der Waals surface area contributed by atoms with E-state index in [4.69, 9.17) is 5.11 Å². The van der Waals surface area contributed by atoms with Crippen LogP contribution in [0, 0.1) is 0 Å². The second-order valence-corrected chi connectivity index (χ2v) is 6.45. The van der Waals surface area contributed by atoms with Gasteiger partial charge in [-0.15, -0.1) is 0 Å². The van der Waals surface area contributed by atoms with Gasteiger partial charge in [-0.3, -0.25) is 4.79 Å². The first kappa shape index (κ1) is 16.7. The lowest BCUT2D eigenvalue weighted by Crippen LogP contribution is -2.34. The van der Waals surface area contributed by atoms with Crippen molar-refractivity contribution in [2.75, 3.05) is 6.61 Å². The summed E-state index contributed by atoms with van der Waals surface area (Å²) in [5.41, 5.74) is 2.77. The van der Waals surface area contributed by atoms with Gasteiger partial charge < -0.3 is 10.4 Å². The van der Waals surface area contributed by atoms with Crippen molar-refractivity contribution in [3.8, 4) is 0 Å². The third kappa shape index (κ3) is 5.74. The highest BCUT2D eigenvalue weighted by Crippen LogP contribution is 2.22. The molecule has 1 rings (SSSR count). The average molecular weight is 277 g/mol. The average Bonchev–Trinajstić information content (AvgIpc) is 2.38. The van der Waals surface area contributed by atoms with Crippen molar-refractivity contribution in [1.82, 2.24) is 5.32 Å². The number of carbonyl (C=O) groups is 1. The van der Waals surface area contributed by atoms with Gasteiger partial charge in [0.05, 0.1) is 6.61 Å². The topological polar surface area (TPSA) is 49.3 Å². The summed E-state index contributed by atoms with van der Waals surface area (Å²) in [5, 5.41) is 11.6. The summed E-state index contributed by atoms with van der Waals surface area (Å²) in [7, 11) is 0. The lowest BCUT2D eigenvalue weighted by molar-refractivity contribution is -0.122. The van der Waals surface area contributed by atoms with Gasteiger partial charge in [0.15, 0.2) is 0 Å². The number of benzene rings is 1. The van der Waals surface area contributed by atoms with Crippen molar-refractivity contribution in [3.63, 3.8) is 0 Å². The maximum atomic E-state index is 11.6. The summed E-state index contributed by atoms with van der Waals surface area (Å²) >= 11 is 0. The normalized spacial score (nSPS) is 13.1. The summed E-state index contributed by atoms with van der Waals surface area (Å²) < 4.78 is 0. The molecule has 0 aromatic heterocycles. The fourth-order valence-electron chi connectivity index (χ4n) is 2.02. The monoisotopic (exact) mass is 277 g/mol. The van der Waals surface area contributed by atoms with Gasteiger partial charge in [-0.05, 0) is 36.3 Å². The molecule has 1 atom stereocenters. The molecule has 0 bridgehead atoms. The van der Waals surface area contributed by atoms with E-state index in [1.807, 2.05) is 0 Å². The van der Waals surface area contributed by atoms with Crippen LogP contribution in [0.15, 0.2) is 24.3 Å². The first-order valence-corrected chi connectivity index (χ1v) is 7.32. The fourth-order valence-corrected chi connectivity index (χ4v) is 2.02. The van der Waals surface area contributed by atoms with E-state index in [0.29, 0.717) is 6.42 Å². The molecular formula is C17H27NO2. The summed E-state index contributed by atoms with van der Waals surface area (Å²) in [6.45, 7) is 8.39. The molecule has 1 unspecified atom stereocenters. The molecule has 3 heteroatoms. The Morgan fingerprint density at radius 1 is 1.25 bits per heavy atom. The van der Waals surface area contributed by atoms with E-state index in [9.17, 15) is 4.79 Å². The minimum atomic E-state index is -0.159. The van der Waals surface area contributed by atoms with Crippen LogP contribution in [0.3, 0.4) is 0 Å². The quantitative estimate of drug-likeness (QED) is 0.840. The van der Waals surface area contributed by atoms with Crippen LogP contribution in [0.25, 0.3) is 0 Å². The number of carbonyl (C=O) groups excluding carboxylic acids is 1. The highest BCUT2D eigenvalue weighted by atomic mass is 16.3. The van der Waals surface area contributed by atoms with Gasteiger partial charge in [0.25, 0.3) is 0 Å². The Balaban J connectivity index is 2.37. The fraction of sp³-hybridized carbons (Fsp3) is 0.588. The number of hydrogen-bond acceptors (Lipinski definition) is 2. The number of aryl methyl sites for hydroxylation is 1. The van der Waals surface area contributed by atoms with Crippen molar-refractivity contribution in [2.24, 2.45) is 0 Å². The van der Waals surface area contributed by atoms with Crippen LogP contribution < -0.4 is 5.32 Å². The number of aliphatic hydroxyl groups excluding tert-OH is 1. The molecule has 0 saturated carbocycles. The third-order valence-corrected chi connectivity index (χ3v) is 3.37. The number of aliphatic hydroxyl groups is 1. The van der Waals surface area contributed by atoms with Gasteiger partial charge in [-0.25, -0.2) is 0 Å². The van der Waals surface area contributed by atoms with E-state index >= 15 is 0 Å². The lowest BCUT2D eigenvalue weighted by atomic mass is 9.86. The van der Waals surface area contributed by atoms with Gasteiger partial charge in [0, 0.05) is 12.5 Å². The molecule has 3 nitrogen and oxygen atoms in total.